The third-order valence-electron chi connectivity index (χ3n) is 4.42. The van der Waals surface area contributed by atoms with Gasteiger partial charge in [0, 0.05) is 42.6 Å². The van der Waals surface area contributed by atoms with Crippen molar-refractivity contribution in [2.24, 2.45) is 0 Å². The molecule has 0 amide bonds. The molecule has 0 spiro atoms. The molecule has 0 radical (unpaired) electrons. The Bertz CT molecular complexity index is 993. The van der Waals surface area contributed by atoms with Gasteiger partial charge in [-0.3, -0.25) is 4.98 Å². The zero-order valence-electron chi connectivity index (χ0n) is 15.2. The number of hydrogen-bond acceptors (Lipinski definition) is 3. The Morgan fingerprint density at radius 2 is 1.74 bits per heavy atom. The number of methoxy groups -OCH3 is 1. The highest BCUT2D eigenvalue weighted by molar-refractivity contribution is 5.81. The number of aromatic nitrogens is 2. The van der Waals surface area contributed by atoms with Crippen molar-refractivity contribution in [3.05, 3.63) is 97.1 Å². The molecule has 134 valence electrons. The fourth-order valence-corrected chi connectivity index (χ4v) is 3.08. The van der Waals surface area contributed by atoms with E-state index in [1.165, 1.54) is 11.1 Å². The van der Waals surface area contributed by atoms with E-state index < -0.39 is 0 Å². The van der Waals surface area contributed by atoms with Crippen LogP contribution in [0.25, 0.3) is 11.1 Å². The molecule has 0 atom stereocenters. The molecule has 2 heterocycles. The molecule has 0 unspecified atom stereocenters. The van der Waals surface area contributed by atoms with Crippen LogP contribution in [0, 0.1) is 0 Å². The fraction of sp³-hybridized carbons (Fsp3) is 0.0870. The van der Waals surface area contributed by atoms with E-state index in [2.05, 4.69) is 57.6 Å². The number of pyridine rings is 1. The summed E-state index contributed by atoms with van der Waals surface area (Å²) in [6.45, 7) is 0.776. The summed E-state index contributed by atoms with van der Waals surface area (Å²) in [5.74, 6) is 0.845. The number of hydrogen-bond donors (Lipinski definition) is 1. The van der Waals surface area contributed by atoms with Crippen molar-refractivity contribution in [1.29, 1.82) is 0 Å². The summed E-state index contributed by atoms with van der Waals surface area (Å²) in [5.41, 5.74) is 5.60. The minimum absolute atomic E-state index is 0.776. The summed E-state index contributed by atoms with van der Waals surface area (Å²) in [6, 6.07) is 22.4. The van der Waals surface area contributed by atoms with E-state index in [1.807, 2.05) is 42.6 Å². The lowest BCUT2D eigenvalue weighted by atomic mass is 10.1. The minimum Gasteiger partial charge on any atom is -0.497 e. The van der Waals surface area contributed by atoms with E-state index in [-0.39, 0.29) is 0 Å². The molecular weight excluding hydrogens is 334 g/mol. The number of nitrogens with one attached hydrogen (secondary N) is 1. The Hall–Kier alpha value is -3.53. The summed E-state index contributed by atoms with van der Waals surface area (Å²) >= 11 is 0. The van der Waals surface area contributed by atoms with Crippen LogP contribution in [0.1, 0.15) is 5.56 Å². The molecule has 27 heavy (non-hydrogen) atoms. The number of ether oxygens (including phenoxy) is 1. The Labute approximate surface area is 159 Å². The Kier molecular flexibility index (Phi) is 4.88. The van der Waals surface area contributed by atoms with Gasteiger partial charge in [-0.05, 0) is 41.5 Å². The highest BCUT2D eigenvalue weighted by Gasteiger charge is 2.10. The number of nitrogens with zero attached hydrogens (tertiary/aromatic N) is 2. The lowest BCUT2D eigenvalue weighted by molar-refractivity contribution is 0.415. The van der Waals surface area contributed by atoms with E-state index >= 15 is 0 Å². The maximum absolute atomic E-state index is 5.25. The normalized spacial score (nSPS) is 10.6. The molecule has 0 bridgehead atoms. The van der Waals surface area contributed by atoms with E-state index in [0.717, 1.165) is 29.2 Å². The Morgan fingerprint density at radius 3 is 2.44 bits per heavy atom. The second-order valence-corrected chi connectivity index (χ2v) is 6.34. The minimum atomic E-state index is 0.776. The average Bonchev–Trinajstić information content (AvgIpc) is 3.12. The molecule has 4 nitrogen and oxygen atoms in total. The molecule has 0 aliphatic rings. The van der Waals surface area contributed by atoms with Gasteiger partial charge in [-0.15, -0.1) is 0 Å². The van der Waals surface area contributed by atoms with E-state index in [1.54, 1.807) is 13.3 Å². The molecule has 2 aromatic carbocycles. The zero-order valence-corrected chi connectivity index (χ0v) is 15.2. The summed E-state index contributed by atoms with van der Waals surface area (Å²) in [7, 11) is 1.68. The van der Waals surface area contributed by atoms with Gasteiger partial charge in [0.05, 0.1) is 12.8 Å². The van der Waals surface area contributed by atoms with E-state index in [9.17, 15) is 0 Å². The van der Waals surface area contributed by atoms with Crippen LogP contribution >= 0.6 is 0 Å². The van der Waals surface area contributed by atoms with Gasteiger partial charge in [-0.2, -0.15) is 0 Å². The highest BCUT2D eigenvalue weighted by Crippen LogP contribution is 2.32. The average molecular weight is 355 g/mol. The molecule has 0 fully saturated rings. The van der Waals surface area contributed by atoms with Crippen LogP contribution in [-0.2, 0) is 6.54 Å². The fourth-order valence-electron chi connectivity index (χ4n) is 3.08. The van der Waals surface area contributed by atoms with Gasteiger partial charge in [-0.1, -0.05) is 36.4 Å². The van der Waals surface area contributed by atoms with Crippen LogP contribution in [0.15, 0.2) is 91.5 Å². The molecule has 0 saturated heterocycles. The third kappa shape index (κ3) is 4.01. The molecule has 0 saturated carbocycles. The number of rotatable bonds is 6. The zero-order chi connectivity index (χ0) is 18.5. The summed E-state index contributed by atoms with van der Waals surface area (Å²) in [5, 5.41) is 3.54. The predicted octanol–water partition coefficient (Wildman–Crippen LogP) is 5.35. The Morgan fingerprint density at radius 1 is 0.926 bits per heavy atom. The summed E-state index contributed by atoms with van der Waals surface area (Å²) in [6.07, 6.45) is 8.01. The maximum Gasteiger partial charge on any atom is 0.119 e. The highest BCUT2D eigenvalue weighted by atomic mass is 16.5. The van der Waals surface area contributed by atoms with Crippen LogP contribution in [0.2, 0.25) is 0 Å². The largest absolute Gasteiger partial charge is 0.497 e. The predicted molar refractivity (Wildman–Crippen MR) is 109 cm³/mol. The van der Waals surface area contributed by atoms with Crippen LogP contribution in [-0.4, -0.2) is 16.7 Å². The van der Waals surface area contributed by atoms with Crippen molar-refractivity contribution in [3.63, 3.8) is 0 Å². The second kappa shape index (κ2) is 7.79. The quantitative estimate of drug-likeness (QED) is 0.507. The van der Waals surface area contributed by atoms with Gasteiger partial charge in [0.2, 0.25) is 0 Å². The first-order valence-electron chi connectivity index (χ1n) is 8.87. The molecule has 4 heteroatoms. The monoisotopic (exact) mass is 355 g/mol. The van der Waals surface area contributed by atoms with Gasteiger partial charge in [0.15, 0.2) is 0 Å². The lowest BCUT2D eigenvalue weighted by Crippen LogP contribution is -1.96. The first kappa shape index (κ1) is 16.9. The van der Waals surface area contributed by atoms with Crippen molar-refractivity contribution in [2.75, 3.05) is 12.4 Å². The first-order valence-corrected chi connectivity index (χ1v) is 8.87. The first-order chi connectivity index (χ1) is 13.3. The van der Waals surface area contributed by atoms with Crippen molar-refractivity contribution >= 4 is 11.4 Å². The molecular formula is C23H21N3O. The van der Waals surface area contributed by atoms with E-state index in [0.29, 0.717) is 0 Å². The summed E-state index contributed by atoms with van der Waals surface area (Å²) < 4.78 is 7.43. The number of benzene rings is 2. The molecule has 2 aromatic heterocycles. The molecule has 0 aliphatic carbocycles. The third-order valence-corrected chi connectivity index (χ3v) is 4.42. The topological polar surface area (TPSA) is 39.1 Å². The maximum atomic E-state index is 5.25. The lowest BCUT2D eigenvalue weighted by Gasteiger charge is -2.08. The van der Waals surface area contributed by atoms with Crippen molar-refractivity contribution in [1.82, 2.24) is 9.55 Å². The van der Waals surface area contributed by atoms with Gasteiger partial charge in [0.25, 0.3) is 0 Å². The van der Waals surface area contributed by atoms with Crippen molar-refractivity contribution in [2.45, 2.75) is 6.54 Å². The van der Waals surface area contributed by atoms with Gasteiger partial charge in [0.1, 0.15) is 5.75 Å². The van der Waals surface area contributed by atoms with Crippen LogP contribution in [0.4, 0.5) is 11.4 Å². The summed E-state index contributed by atoms with van der Waals surface area (Å²) in [4.78, 5) is 4.21. The Balaban J connectivity index is 1.67. The molecule has 1 N–H and O–H groups in total. The molecule has 4 rings (SSSR count). The van der Waals surface area contributed by atoms with Crippen LogP contribution in [0.3, 0.4) is 0 Å². The van der Waals surface area contributed by atoms with Crippen LogP contribution < -0.4 is 10.1 Å². The van der Waals surface area contributed by atoms with Gasteiger partial charge < -0.3 is 14.6 Å². The molecule has 0 aliphatic heterocycles. The smallest absolute Gasteiger partial charge is 0.119 e. The van der Waals surface area contributed by atoms with Gasteiger partial charge >= 0.3 is 0 Å². The number of anilines is 2. The van der Waals surface area contributed by atoms with Gasteiger partial charge in [-0.25, -0.2) is 0 Å². The molecule has 4 aromatic rings. The standard InChI is InChI=1S/C23H21N3O/c1-27-21-11-9-20(10-12-21)25-23-17-26(15-18-6-5-13-24-14-18)16-22(23)19-7-3-2-4-8-19/h2-14,16-17,25H,15H2,1H3. The SMILES string of the molecule is COc1ccc(Nc2cn(Cc3cccnc3)cc2-c2ccccc2)cc1. The second-order valence-electron chi connectivity index (χ2n) is 6.34. The van der Waals surface area contributed by atoms with Crippen molar-refractivity contribution < 1.29 is 4.74 Å². The van der Waals surface area contributed by atoms with Crippen LogP contribution in [0.5, 0.6) is 5.75 Å². The van der Waals surface area contributed by atoms with E-state index in [4.69, 9.17) is 4.74 Å². The van der Waals surface area contributed by atoms with Crippen molar-refractivity contribution in [3.8, 4) is 16.9 Å².